The molecule has 1 amide bonds. The maximum atomic E-state index is 12.0. The van der Waals surface area contributed by atoms with Crippen LogP contribution in [0.2, 0.25) is 0 Å². The summed E-state index contributed by atoms with van der Waals surface area (Å²) >= 11 is 0. The van der Waals surface area contributed by atoms with E-state index in [1.54, 1.807) is 0 Å². The molecule has 27 heavy (non-hydrogen) atoms. The standard InChI is InChI=1S/C20H39N5O2/c1-4-20(5-2,9-14-26)16-22-19(21-6-3)25-12-10-24(11-13-25)15-18(27)23-17-7-8-17/h17,26H,4-16H2,1-3H3,(H,21,22)(H,23,27). The van der Waals surface area contributed by atoms with Gasteiger partial charge in [0.1, 0.15) is 0 Å². The minimum Gasteiger partial charge on any atom is -0.396 e. The molecule has 0 aromatic heterocycles. The molecule has 1 aliphatic heterocycles. The molecule has 1 saturated heterocycles. The molecule has 0 bridgehead atoms. The number of aliphatic imine (C=N–C) groups is 1. The van der Waals surface area contributed by atoms with Crippen LogP contribution >= 0.6 is 0 Å². The predicted molar refractivity (Wildman–Crippen MR) is 110 cm³/mol. The highest BCUT2D eigenvalue weighted by Gasteiger charge is 2.28. The first-order valence-electron chi connectivity index (χ1n) is 10.7. The van der Waals surface area contributed by atoms with Gasteiger partial charge in [0.2, 0.25) is 5.91 Å². The number of carbonyl (C=O) groups is 1. The summed E-state index contributed by atoms with van der Waals surface area (Å²) in [5.41, 5.74) is 0.0815. The second kappa shape index (κ2) is 10.9. The van der Waals surface area contributed by atoms with Gasteiger partial charge in [-0.05, 0) is 44.4 Å². The first-order valence-corrected chi connectivity index (χ1v) is 10.7. The van der Waals surface area contributed by atoms with Gasteiger partial charge < -0.3 is 20.6 Å². The van der Waals surface area contributed by atoms with Gasteiger partial charge in [-0.15, -0.1) is 0 Å². The molecule has 3 N–H and O–H groups in total. The largest absolute Gasteiger partial charge is 0.396 e. The van der Waals surface area contributed by atoms with Crippen molar-refractivity contribution in [2.75, 3.05) is 52.4 Å². The predicted octanol–water partition coefficient (Wildman–Crippen LogP) is 1.04. The third kappa shape index (κ3) is 6.96. The number of piperazine rings is 1. The fraction of sp³-hybridized carbons (Fsp3) is 0.900. The summed E-state index contributed by atoms with van der Waals surface area (Å²) in [4.78, 5) is 21.5. The zero-order valence-electron chi connectivity index (χ0n) is 17.5. The molecule has 0 spiro atoms. The van der Waals surface area contributed by atoms with Crippen molar-refractivity contribution >= 4 is 11.9 Å². The third-order valence-electron chi connectivity index (χ3n) is 6.02. The number of aliphatic hydroxyl groups excluding tert-OH is 1. The molecule has 1 saturated carbocycles. The summed E-state index contributed by atoms with van der Waals surface area (Å²) in [5.74, 6) is 1.12. The number of nitrogens with zero attached hydrogens (tertiary/aromatic N) is 3. The second-order valence-electron chi connectivity index (χ2n) is 7.96. The van der Waals surface area contributed by atoms with E-state index in [4.69, 9.17) is 4.99 Å². The van der Waals surface area contributed by atoms with Crippen LogP contribution in [0.3, 0.4) is 0 Å². The summed E-state index contributed by atoms with van der Waals surface area (Å²) in [6.45, 7) is 12.3. The van der Waals surface area contributed by atoms with Gasteiger partial charge in [0.25, 0.3) is 0 Å². The average molecular weight is 382 g/mol. The van der Waals surface area contributed by atoms with Crippen LogP contribution in [0.1, 0.15) is 52.9 Å². The molecule has 1 aliphatic carbocycles. The van der Waals surface area contributed by atoms with Crippen molar-refractivity contribution in [2.45, 2.75) is 58.9 Å². The Kier molecular flexibility index (Phi) is 8.83. The van der Waals surface area contributed by atoms with Crippen LogP contribution in [0.5, 0.6) is 0 Å². The smallest absolute Gasteiger partial charge is 0.234 e. The Morgan fingerprint density at radius 1 is 1.15 bits per heavy atom. The van der Waals surface area contributed by atoms with Crippen LogP contribution in [0, 0.1) is 5.41 Å². The number of rotatable bonds is 10. The second-order valence-corrected chi connectivity index (χ2v) is 7.96. The fourth-order valence-corrected chi connectivity index (χ4v) is 3.63. The van der Waals surface area contributed by atoms with Crippen LogP contribution in [-0.2, 0) is 4.79 Å². The maximum Gasteiger partial charge on any atom is 0.234 e. The fourth-order valence-electron chi connectivity index (χ4n) is 3.63. The lowest BCUT2D eigenvalue weighted by atomic mass is 9.79. The third-order valence-corrected chi connectivity index (χ3v) is 6.02. The minimum atomic E-state index is 0.0815. The molecule has 0 atom stereocenters. The van der Waals surface area contributed by atoms with Gasteiger partial charge >= 0.3 is 0 Å². The topological polar surface area (TPSA) is 80.2 Å². The molecular weight excluding hydrogens is 342 g/mol. The van der Waals surface area contributed by atoms with Crippen molar-refractivity contribution < 1.29 is 9.90 Å². The molecule has 2 fully saturated rings. The number of aliphatic hydroxyl groups is 1. The lowest BCUT2D eigenvalue weighted by Gasteiger charge is -2.37. The Bertz CT molecular complexity index is 481. The molecule has 7 heteroatoms. The van der Waals surface area contributed by atoms with Crippen molar-refractivity contribution in [2.24, 2.45) is 10.4 Å². The number of nitrogens with one attached hydrogen (secondary N) is 2. The molecular formula is C20H39N5O2. The van der Waals surface area contributed by atoms with Gasteiger partial charge in [-0.25, -0.2) is 0 Å². The first kappa shape index (κ1) is 22.0. The molecule has 0 aromatic carbocycles. The molecule has 0 radical (unpaired) electrons. The minimum absolute atomic E-state index is 0.0815. The number of amides is 1. The highest BCUT2D eigenvalue weighted by atomic mass is 16.3. The van der Waals surface area contributed by atoms with Gasteiger partial charge in [0, 0.05) is 51.9 Å². The van der Waals surface area contributed by atoms with Gasteiger partial charge in [-0.2, -0.15) is 0 Å². The highest BCUT2D eigenvalue weighted by Crippen LogP contribution is 2.30. The van der Waals surface area contributed by atoms with E-state index in [2.05, 4.69) is 41.2 Å². The lowest BCUT2D eigenvalue weighted by Crippen LogP contribution is -2.54. The summed E-state index contributed by atoms with van der Waals surface area (Å²) < 4.78 is 0. The lowest BCUT2D eigenvalue weighted by molar-refractivity contribution is -0.122. The monoisotopic (exact) mass is 381 g/mol. The number of guanidine groups is 1. The Morgan fingerprint density at radius 2 is 1.81 bits per heavy atom. The molecule has 2 aliphatic rings. The zero-order chi connectivity index (χ0) is 19.7. The normalized spacial score (nSPS) is 19.3. The SMILES string of the molecule is CCNC(=NCC(CC)(CC)CCO)N1CCN(CC(=O)NC2CC2)CC1. The van der Waals surface area contributed by atoms with Crippen LogP contribution in [0.25, 0.3) is 0 Å². The number of hydrogen-bond donors (Lipinski definition) is 3. The van der Waals surface area contributed by atoms with E-state index in [0.29, 0.717) is 12.6 Å². The Balaban J connectivity index is 1.87. The van der Waals surface area contributed by atoms with E-state index >= 15 is 0 Å². The van der Waals surface area contributed by atoms with E-state index in [9.17, 15) is 9.90 Å². The first-order chi connectivity index (χ1) is 13.1. The van der Waals surface area contributed by atoms with E-state index in [0.717, 1.165) is 77.3 Å². The zero-order valence-corrected chi connectivity index (χ0v) is 17.5. The molecule has 0 unspecified atom stereocenters. The van der Waals surface area contributed by atoms with E-state index in [1.165, 1.54) is 0 Å². The van der Waals surface area contributed by atoms with Crippen molar-refractivity contribution in [1.82, 2.24) is 20.4 Å². The van der Waals surface area contributed by atoms with Gasteiger partial charge in [-0.1, -0.05) is 13.8 Å². The number of hydrogen-bond acceptors (Lipinski definition) is 4. The molecule has 2 rings (SSSR count). The Hall–Kier alpha value is -1.34. The molecule has 0 aromatic rings. The van der Waals surface area contributed by atoms with E-state index < -0.39 is 0 Å². The summed E-state index contributed by atoms with van der Waals surface area (Å²) in [6, 6.07) is 0.433. The van der Waals surface area contributed by atoms with Crippen LogP contribution in [0.4, 0.5) is 0 Å². The van der Waals surface area contributed by atoms with E-state index in [1.807, 2.05) is 0 Å². The van der Waals surface area contributed by atoms with Crippen LogP contribution in [0.15, 0.2) is 4.99 Å². The van der Waals surface area contributed by atoms with Crippen LogP contribution in [-0.4, -0.2) is 85.2 Å². The van der Waals surface area contributed by atoms with Crippen molar-refractivity contribution in [3.63, 3.8) is 0 Å². The van der Waals surface area contributed by atoms with Gasteiger partial charge in [-0.3, -0.25) is 14.7 Å². The molecule has 1 heterocycles. The van der Waals surface area contributed by atoms with Crippen molar-refractivity contribution in [1.29, 1.82) is 0 Å². The number of carbonyl (C=O) groups excluding carboxylic acids is 1. The average Bonchev–Trinajstić information content (AvgIpc) is 3.48. The van der Waals surface area contributed by atoms with Crippen molar-refractivity contribution in [3.05, 3.63) is 0 Å². The Morgan fingerprint density at radius 3 is 2.33 bits per heavy atom. The summed E-state index contributed by atoms with van der Waals surface area (Å²) in [5, 5.41) is 15.9. The van der Waals surface area contributed by atoms with Crippen LogP contribution < -0.4 is 10.6 Å². The maximum absolute atomic E-state index is 12.0. The molecule has 156 valence electrons. The quantitative estimate of drug-likeness (QED) is 0.389. The summed E-state index contributed by atoms with van der Waals surface area (Å²) in [6.07, 6.45) is 5.12. The van der Waals surface area contributed by atoms with Gasteiger partial charge in [0.05, 0.1) is 6.54 Å². The van der Waals surface area contributed by atoms with E-state index in [-0.39, 0.29) is 17.9 Å². The van der Waals surface area contributed by atoms with Crippen molar-refractivity contribution in [3.8, 4) is 0 Å². The van der Waals surface area contributed by atoms with Gasteiger partial charge in [0.15, 0.2) is 5.96 Å². The summed E-state index contributed by atoms with van der Waals surface area (Å²) in [7, 11) is 0. The highest BCUT2D eigenvalue weighted by molar-refractivity contribution is 5.80. The Labute approximate surface area is 164 Å². The molecule has 7 nitrogen and oxygen atoms in total.